The highest BCUT2D eigenvalue weighted by Crippen LogP contribution is 2.17. The first-order valence-electron chi connectivity index (χ1n) is 5.76. The number of ether oxygens (including phenoxy) is 1. The Kier molecular flexibility index (Phi) is 3.97. The third-order valence-electron chi connectivity index (χ3n) is 3.04. The Labute approximate surface area is 101 Å². The Morgan fingerprint density at radius 2 is 2.50 bits per heavy atom. The predicted octanol–water partition coefficient (Wildman–Crippen LogP) is 1.34. The molecule has 0 aromatic carbocycles. The highest BCUT2D eigenvalue weighted by Gasteiger charge is 2.31. The van der Waals surface area contributed by atoms with E-state index in [-0.39, 0.29) is 5.54 Å². The minimum Gasteiger partial charge on any atom is -0.379 e. The van der Waals surface area contributed by atoms with Crippen LogP contribution in [0.25, 0.3) is 0 Å². The molecule has 1 aromatic rings. The molecule has 16 heavy (non-hydrogen) atoms. The van der Waals surface area contributed by atoms with Crippen LogP contribution in [0.4, 0.5) is 0 Å². The van der Waals surface area contributed by atoms with Crippen LogP contribution < -0.4 is 5.73 Å². The van der Waals surface area contributed by atoms with E-state index in [1.54, 1.807) is 0 Å². The van der Waals surface area contributed by atoms with Crippen molar-refractivity contribution in [1.29, 1.82) is 0 Å². The number of likely N-dealkylation sites (N-methyl/N-ethyl adjacent to an activating group) is 1. The number of nitrogens with two attached hydrogens (primary N) is 1. The summed E-state index contributed by atoms with van der Waals surface area (Å²) in [5.74, 6) is 0. The first kappa shape index (κ1) is 12.0. The van der Waals surface area contributed by atoms with Crippen LogP contribution in [0.15, 0.2) is 17.5 Å². The second kappa shape index (κ2) is 5.27. The first-order chi connectivity index (χ1) is 7.68. The van der Waals surface area contributed by atoms with Gasteiger partial charge in [0.15, 0.2) is 0 Å². The van der Waals surface area contributed by atoms with E-state index in [0.29, 0.717) is 6.61 Å². The zero-order valence-electron chi connectivity index (χ0n) is 9.82. The van der Waals surface area contributed by atoms with Crippen LogP contribution in [-0.2, 0) is 11.2 Å². The molecule has 1 saturated heterocycles. The molecule has 90 valence electrons. The lowest BCUT2D eigenvalue weighted by Crippen LogP contribution is -2.50. The molecule has 0 amide bonds. The van der Waals surface area contributed by atoms with E-state index in [0.717, 1.165) is 32.5 Å². The molecule has 1 aliphatic heterocycles. The SMILES string of the molecule is CN(CCc1cccs1)CC1(N)CCOC1. The Balaban J connectivity index is 1.73. The number of rotatable bonds is 5. The van der Waals surface area contributed by atoms with Crippen molar-refractivity contribution < 1.29 is 4.74 Å². The maximum atomic E-state index is 6.24. The van der Waals surface area contributed by atoms with E-state index in [2.05, 4.69) is 29.5 Å². The summed E-state index contributed by atoms with van der Waals surface area (Å²) in [6.45, 7) is 3.52. The smallest absolute Gasteiger partial charge is 0.0659 e. The second-order valence-electron chi connectivity index (χ2n) is 4.73. The highest BCUT2D eigenvalue weighted by molar-refractivity contribution is 7.09. The maximum Gasteiger partial charge on any atom is 0.0659 e. The van der Waals surface area contributed by atoms with Gasteiger partial charge in [0.1, 0.15) is 0 Å². The highest BCUT2D eigenvalue weighted by atomic mass is 32.1. The van der Waals surface area contributed by atoms with Crippen LogP contribution in [0.2, 0.25) is 0 Å². The Morgan fingerprint density at radius 1 is 1.62 bits per heavy atom. The van der Waals surface area contributed by atoms with Gasteiger partial charge in [-0.3, -0.25) is 0 Å². The Bertz CT molecular complexity index is 307. The summed E-state index contributed by atoms with van der Waals surface area (Å²) in [7, 11) is 2.14. The predicted molar refractivity (Wildman–Crippen MR) is 67.9 cm³/mol. The van der Waals surface area contributed by atoms with E-state index >= 15 is 0 Å². The standard InChI is InChI=1S/C12H20N2OS/c1-14(6-4-11-3-2-8-16-11)9-12(13)5-7-15-10-12/h2-3,8H,4-7,9-10,13H2,1H3. The van der Waals surface area contributed by atoms with Crippen molar-refractivity contribution in [3.05, 3.63) is 22.4 Å². The zero-order valence-corrected chi connectivity index (χ0v) is 10.6. The van der Waals surface area contributed by atoms with E-state index in [9.17, 15) is 0 Å². The zero-order chi connectivity index (χ0) is 11.4. The molecule has 0 saturated carbocycles. The monoisotopic (exact) mass is 240 g/mol. The molecule has 2 rings (SSSR count). The van der Waals surface area contributed by atoms with Crippen molar-refractivity contribution in [2.45, 2.75) is 18.4 Å². The van der Waals surface area contributed by atoms with E-state index in [1.165, 1.54) is 4.88 Å². The summed E-state index contributed by atoms with van der Waals surface area (Å²) in [5, 5.41) is 2.13. The van der Waals surface area contributed by atoms with Gasteiger partial charge < -0.3 is 15.4 Å². The van der Waals surface area contributed by atoms with Crippen LogP contribution in [-0.4, -0.2) is 43.8 Å². The molecule has 1 fully saturated rings. The minimum absolute atomic E-state index is 0.121. The van der Waals surface area contributed by atoms with Crippen LogP contribution in [0.5, 0.6) is 0 Å². The normalized spacial score (nSPS) is 25.4. The first-order valence-corrected chi connectivity index (χ1v) is 6.63. The largest absolute Gasteiger partial charge is 0.379 e. The Hall–Kier alpha value is -0.420. The van der Waals surface area contributed by atoms with Crippen LogP contribution in [0.1, 0.15) is 11.3 Å². The van der Waals surface area contributed by atoms with Crippen molar-refractivity contribution in [2.24, 2.45) is 5.73 Å². The molecule has 0 spiro atoms. The summed E-state index contributed by atoms with van der Waals surface area (Å²) in [5.41, 5.74) is 6.12. The fraction of sp³-hybridized carbons (Fsp3) is 0.667. The molecule has 0 bridgehead atoms. The fourth-order valence-corrected chi connectivity index (χ4v) is 2.82. The molecule has 3 nitrogen and oxygen atoms in total. The third-order valence-corrected chi connectivity index (χ3v) is 3.97. The van der Waals surface area contributed by atoms with Crippen molar-refractivity contribution in [2.75, 3.05) is 33.4 Å². The van der Waals surface area contributed by atoms with Gasteiger partial charge in [0.25, 0.3) is 0 Å². The molecule has 0 radical (unpaired) electrons. The van der Waals surface area contributed by atoms with Gasteiger partial charge in [-0.05, 0) is 31.3 Å². The molecular formula is C12H20N2OS. The average molecular weight is 240 g/mol. The summed E-state index contributed by atoms with van der Waals surface area (Å²) >= 11 is 1.82. The van der Waals surface area contributed by atoms with E-state index in [1.807, 2.05) is 11.3 Å². The third kappa shape index (κ3) is 3.28. The molecule has 2 N–H and O–H groups in total. The minimum atomic E-state index is -0.121. The Morgan fingerprint density at radius 3 is 3.12 bits per heavy atom. The average Bonchev–Trinajstić information content (AvgIpc) is 2.86. The molecule has 1 atom stereocenters. The van der Waals surface area contributed by atoms with Gasteiger partial charge in [0, 0.05) is 24.6 Å². The number of nitrogens with zero attached hydrogens (tertiary/aromatic N) is 1. The molecular weight excluding hydrogens is 220 g/mol. The van der Waals surface area contributed by atoms with Crippen molar-refractivity contribution in [3.63, 3.8) is 0 Å². The van der Waals surface area contributed by atoms with Crippen molar-refractivity contribution in [3.8, 4) is 0 Å². The van der Waals surface area contributed by atoms with Crippen LogP contribution in [0.3, 0.4) is 0 Å². The van der Waals surface area contributed by atoms with Crippen LogP contribution >= 0.6 is 11.3 Å². The summed E-state index contributed by atoms with van der Waals surface area (Å²) in [6, 6.07) is 4.30. The number of hydrogen-bond donors (Lipinski definition) is 1. The lowest BCUT2D eigenvalue weighted by molar-refractivity contribution is 0.161. The van der Waals surface area contributed by atoms with Crippen molar-refractivity contribution >= 4 is 11.3 Å². The molecule has 1 unspecified atom stereocenters. The van der Waals surface area contributed by atoms with Gasteiger partial charge in [-0.15, -0.1) is 11.3 Å². The lowest BCUT2D eigenvalue weighted by Gasteiger charge is -2.28. The van der Waals surface area contributed by atoms with Gasteiger partial charge >= 0.3 is 0 Å². The second-order valence-corrected chi connectivity index (χ2v) is 5.76. The molecule has 2 heterocycles. The number of thiophene rings is 1. The van der Waals surface area contributed by atoms with E-state index < -0.39 is 0 Å². The van der Waals surface area contributed by atoms with E-state index in [4.69, 9.17) is 10.5 Å². The van der Waals surface area contributed by atoms with Gasteiger partial charge in [0.2, 0.25) is 0 Å². The molecule has 1 aromatic heterocycles. The number of hydrogen-bond acceptors (Lipinski definition) is 4. The maximum absolute atomic E-state index is 6.24. The quantitative estimate of drug-likeness (QED) is 0.844. The molecule has 4 heteroatoms. The molecule has 1 aliphatic rings. The topological polar surface area (TPSA) is 38.5 Å². The van der Waals surface area contributed by atoms with Gasteiger partial charge in [0.05, 0.1) is 12.1 Å². The summed E-state index contributed by atoms with van der Waals surface area (Å²) < 4.78 is 5.36. The van der Waals surface area contributed by atoms with Gasteiger partial charge in [-0.1, -0.05) is 6.07 Å². The molecule has 0 aliphatic carbocycles. The fourth-order valence-electron chi connectivity index (χ4n) is 2.12. The van der Waals surface area contributed by atoms with Gasteiger partial charge in [-0.25, -0.2) is 0 Å². The van der Waals surface area contributed by atoms with Crippen LogP contribution in [0, 0.1) is 0 Å². The van der Waals surface area contributed by atoms with Crippen molar-refractivity contribution in [1.82, 2.24) is 4.90 Å². The summed E-state index contributed by atoms with van der Waals surface area (Å²) in [6.07, 6.45) is 2.10. The lowest BCUT2D eigenvalue weighted by atomic mass is 10.00. The van der Waals surface area contributed by atoms with Gasteiger partial charge in [-0.2, -0.15) is 0 Å². The summed E-state index contributed by atoms with van der Waals surface area (Å²) in [4.78, 5) is 3.76.